The second-order valence-corrected chi connectivity index (χ2v) is 8.76. The molecule has 2 atom stereocenters. The maximum atomic E-state index is 5.11. The number of hydrogen-bond donors (Lipinski definition) is 0. The van der Waals surface area contributed by atoms with Crippen LogP contribution in [0.25, 0.3) is 22.3 Å². The van der Waals surface area contributed by atoms with Gasteiger partial charge in [0.15, 0.2) is 5.82 Å². The zero-order chi connectivity index (χ0) is 19.7. The lowest BCUT2D eigenvalue weighted by Gasteiger charge is -2.39. The van der Waals surface area contributed by atoms with E-state index >= 15 is 0 Å². The highest BCUT2D eigenvalue weighted by atomic mass is 79.9. The first kappa shape index (κ1) is 19.5. The van der Waals surface area contributed by atoms with Gasteiger partial charge in [-0.25, -0.2) is 9.97 Å². The third kappa shape index (κ3) is 3.85. The fourth-order valence-electron chi connectivity index (χ4n) is 4.29. The van der Waals surface area contributed by atoms with Crippen LogP contribution in [0.2, 0.25) is 0 Å². The van der Waals surface area contributed by atoms with Crippen molar-refractivity contribution in [3.8, 4) is 11.4 Å². The van der Waals surface area contributed by atoms with E-state index < -0.39 is 0 Å². The van der Waals surface area contributed by atoms with E-state index in [9.17, 15) is 0 Å². The van der Waals surface area contributed by atoms with E-state index in [0.29, 0.717) is 6.04 Å². The van der Waals surface area contributed by atoms with Gasteiger partial charge < -0.3 is 0 Å². The summed E-state index contributed by atoms with van der Waals surface area (Å²) in [5.74, 6) is 0.793. The Hall–Kier alpha value is -1.78. The lowest BCUT2D eigenvalue weighted by Crippen LogP contribution is -2.40. The first-order valence-electron chi connectivity index (χ1n) is 10.2. The molecule has 4 rings (SSSR count). The molecule has 0 N–H and O–H groups in total. The summed E-state index contributed by atoms with van der Waals surface area (Å²) in [6.45, 7) is 9.90. The zero-order valence-corrected chi connectivity index (χ0v) is 18.2. The number of aryl methyl sites for hydroxylation is 1. The number of nitrogens with zero attached hydrogens (tertiary/aromatic N) is 3. The SMILES string of the molecule is [CH2]CC(c1nc(-c2ccc(Br)cc2)nc2ccc(C)cc12)N1CCCCC1C. The third-order valence-corrected chi connectivity index (χ3v) is 6.36. The predicted octanol–water partition coefficient (Wildman–Crippen LogP) is 6.51. The normalized spacial score (nSPS) is 19.1. The highest BCUT2D eigenvalue weighted by Gasteiger charge is 2.29. The standard InChI is InChI=1S/C24H27BrN3/c1-4-22(28-14-6-5-7-17(28)3)23-20-15-16(2)8-13-21(20)26-24(27-23)18-9-11-19(25)12-10-18/h8-13,15,17,22H,1,4-7,14H2,2-3H3. The van der Waals surface area contributed by atoms with Gasteiger partial charge in [0.1, 0.15) is 0 Å². The van der Waals surface area contributed by atoms with Crippen molar-refractivity contribution in [3.63, 3.8) is 0 Å². The van der Waals surface area contributed by atoms with Crippen LogP contribution in [0.4, 0.5) is 0 Å². The molecule has 28 heavy (non-hydrogen) atoms. The minimum atomic E-state index is 0.219. The largest absolute Gasteiger partial charge is 0.292 e. The van der Waals surface area contributed by atoms with Gasteiger partial charge in [-0.2, -0.15) is 0 Å². The fourth-order valence-corrected chi connectivity index (χ4v) is 4.56. The maximum absolute atomic E-state index is 5.11. The number of aromatic nitrogens is 2. The Morgan fingerprint density at radius 3 is 2.64 bits per heavy atom. The Morgan fingerprint density at radius 2 is 1.93 bits per heavy atom. The molecule has 0 aliphatic carbocycles. The van der Waals surface area contributed by atoms with Crippen LogP contribution >= 0.6 is 15.9 Å². The highest BCUT2D eigenvalue weighted by Crippen LogP contribution is 2.35. The van der Waals surface area contributed by atoms with Crippen molar-refractivity contribution >= 4 is 26.8 Å². The van der Waals surface area contributed by atoms with E-state index in [1.165, 1.54) is 24.8 Å². The minimum Gasteiger partial charge on any atom is -0.292 e. The Labute approximate surface area is 176 Å². The van der Waals surface area contributed by atoms with Crippen molar-refractivity contribution in [2.45, 2.75) is 51.6 Å². The van der Waals surface area contributed by atoms with Gasteiger partial charge >= 0.3 is 0 Å². The molecular weight excluding hydrogens is 410 g/mol. The van der Waals surface area contributed by atoms with E-state index in [0.717, 1.165) is 45.4 Å². The van der Waals surface area contributed by atoms with Gasteiger partial charge in [-0.05, 0) is 63.9 Å². The molecule has 4 heteroatoms. The quantitative estimate of drug-likeness (QED) is 0.466. The van der Waals surface area contributed by atoms with Crippen LogP contribution in [0.5, 0.6) is 0 Å². The van der Waals surface area contributed by atoms with E-state index in [2.05, 4.69) is 71.9 Å². The van der Waals surface area contributed by atoms with Gasteiger partial charge in [-0.1, -0.05) is 53.0 Å². The summed E-state index contributed by atoms with van der Waals surface area (Å²) in [6, 6.07) is 15.5. The van der Waals surface area contributed by atoms with Crippen molar-refractivity contribution in [1.29, 1.82) is 0 Å². The van der Waals surface area contributed by atoms with E-state index in [1.54, 1.807) is 0 Å². The minimum absolute atomic E-state index is 0.219. The molecule has 1 aliphatic heterocycles. The number of piperidine rings is 1. The number of rotatable bonds is 4. The smallest absolute Gasteiger partial charge is 0.160 e. The van der Waals surface area contributed by atoms with Gasteiger partial charge in [0.2, 0.25) is 0 Å². The number of benzene rings is 2. The summed E-state index contributed by atoms with van der Waals surface area (Å²) in [5, 5.41) is 1.16. The number of fused-ring (bicyclic) bond motifs is 1. The monoisotopic (exact) mass is 436 g/mol. The topological polar surface area (TPSA) is 29.0 Å². The summed E-state index contributed by atoms with van der Waals surface area (Å²) in [5.41, 5.74) is 4.41. The summed E-state index contributed by atoms with van der Waals surface area (Å²) in [6.07, 6.45) is 4.63. The van der Waals surface area contributed by atoms with E-state index in [4.69, 9.17) is 9.97 Å². The predicted molar refractivity (Wildman–Crippen MR) is 120 cm³/mol. The lowest BCUT2D eigenvalue weighted by molar-refractivity contribution is 0.104. The molecule has 2 aromatic carbocycles. The van der Waals surface area contributed by atoms with Gasteiger partial charge in [0.25, 0.3) is 0 Å². The summed E-state index contributed by atoms with van der Waals surface area (Å²) >= 11 is 3.52. The Morgan fingerprint density at radius 1 is 1.14 bits per heavy atom. The first-order chi connectivity index (χ1) is 13.6. The molecule has 0 amide bonds. The van der Waals surface area contributed by atoms with Crippen LogP contribution in [0.3, 0.4) is 0 Å². The molecule has 1 aromatic heterocycles. The molecule has 0 bridgehead atoms. The molecule has 0 spiro atoms. The van der Waals surface area contributed by atoms with Crippen LogP contribution in [-0.2, 0) is 0 Å². The van der Waals surface area contributed by atoms with Crippen molar-refractivity contribution in [2.24, 2.45) is 0 Å². The summed E-state index contributed by atoms with van der Waals surface area (Å²) < 4.78 is 1.06. The van der Waals surface area contributed by atoms with Gasteiger partial charge in [-0.3, -0.25) is 4.90 Å². The maximum Gasteiger partial charge on any atom is 0.160 e. The number of halogens is 1. The van der Waals surface area contributed by atoms with Crippen molar-refractivity contribution in [1.82, 2.24) is 14.9 Å². The van der Waals surface area contributed by atoms with Crippen molar-refractivity contribution in [3.05, 3.63) is 65.1 Å². The summed E-state index contributed by atoms with van der Waals surface area (Å²) in [4.78, 5) is 12.6. The molecule has 3 nitrogen and oxygen atoms in total. The second-order valence-electron chi connectivity index (χ2n) is 7.85. The Bertz CT molecular complexity index is 967. The number of hydrogen-bond acceptors (Lipinski definition) is 3. The lowest BCUT2D eigenvalue weighted by atomic mass is 9.96. The van der Waals surface area contributed by atoms with Crippen LogP contribution < -0.4 is 0 Å². The Balaban J connectivity index is 1.88. The molecule has 0 saturated carbocycles. The van der Waals surface area contributed by atoms with Crippen molar-refractivity contribution < 1.29 is 0 Å². The van der Waals surface area contributed by atoms with E-state index in [1.807, 2.05) is 12.1 Å². The molecule has 1 aliphatic rings. The van der Waals surface area contributed by atoms with Gasteiger partial charge in [0.05, 0.1) is 17.3 Å². The van der Waals surface area contributed by atoms with Gasteiger partial charge in [0, 0.05) is 21.5 Å². The summed E-state index contributed by atoms with van der Waals surface area (Å²) in [7, 11) is 0. The fraction of sp³-hybridized carbons (Fsp3) is 0.375. The first-order valence-corrected chi connectivity index (χ1v) is 11.0. The molecule has 1 saturated heterocycles. The average Bonchev–Trinajstić information content (AvgIpc) is 2.70. The Kier molecular flexibility index (Phi) is 5.79. The zero-order valence-electron chi connectivity index (χ0n) is 16.7. The van der Waals surface area contributed by atoms with Crippen LogP contribution in [0, 0.1) is 13.8 Å². The van der Waals surface area contributed by atoms with Crippen LogP contribution in [0.15, 0.2) is 46.9 Å². The molecule has 1 radical (unpaired) electrons. The molecule has 2 heterocycles. The van der Waals surface area contributed by atoms with E-state index in [-0.39, 0.29) is 6.04 Å². The van der Waals surface area contributed by atoms with Crippen LogP contribution in [-0.4, -0.2) is 27.5 Å². The number of likely N-dealkylation sites (tertiary alicyclic amines) is 1. The third-order valence-electron chi connectivity index (χ3n) is 5.83. The van der Waals surface area contributed by atoms with Crippen molar-refractivity contribution in [2.75, 3.05) is 6.54 Å². The molecule has 2 unspecified atom stereocenters. The second kappa shape index (κ2) is 8.30. The molecular formula is C24H27BrN3. The average molecular weight is 437 g/mol. The van der Waals surface area contributed by atoms with Gasteiger partial charge in [-0.15, -0.1) is 0 Å². The highest BCUT2D eigenvalue weighted by molar-refractivity contribution is 9.10. The van der Waals surface area contributed by atoms with Crippen LogP contribution in [0.1, 0.15) is 49.9 Å². The molecule has 145 valence electrons. The molecule has 1 fully saturated rings. The molecule has 3 aromatic rings.